The molecule has 3 heterocycles. The van der Waals surface area contributed by atoms with E-state index in [0.29, 0.717) is 19.1 Å². The molecule has 0 bridgehead atoms. The molecule has 2 atom stereocenters. The highest BCUT2D eigenvalue weighted by molar-refractivity contribution is 5.94. The van der Waals surface area contributed by atoms with Crippen LogP contribution in [0.1, 0.15) is 30.9 Å². The van der Waals surface area contributed by atoms with Crippen molar-refractivity contribution >= 4 is 11.9 Å². The van der Waals surface area contributed by atoms with E-state index < -0.39 is 0 Å². The minimum absolute atomic E-state index is 0.104. The molecule has 1 saturated heterocycles. The van der Waals surface area contributed by atoms with Crippen molar-refractivity contribution in [2.24, 2.45) is 5.92 Å². The first-order valence-electron chi connectivity index (χ1n) is 8.20. The van der Waals surface area contributed by atoms with Crippen molar-refractivity contribution in [2.75, 3.05) is 18.1 Å². The van der Waals surface area contributed by atoms with Crippen molar-refractivity contribution in [3.8, 4) is 0 Å². The Bertz CT molecular complexity index is 685. The maximum atomic E-state index is 13.2. The van der Waals surface area contributed by atoms with E-state index in [9.17, 15) is 4.79 Å². The Morgan fingerprint density at radius 1 is 1.17 bits per heavy atom. The van der Waals surface area contributed by atoms with Crippen LogP contribution in [-0.2, 0) is 16.1 Å². The minimum atomic E-state index is -0.171. The van der Waals surface area contributed by atoms with Crippen LogP contribution in [0, 0.1) is 5.92 Å². The first kappa shape index (κ1) is 14.4. The van der Waals surface area contributed by atoms with Gasteiger partial charge in [0.1, 0.15) is 6.33 Å². The third-order valence-electron chi connectivity index (χ3n) is 4.62. The predicted molar refractivity (Wildman–Crippen MR) is 84.9 cm³/mol. The molecule has 0 saturated carbocycles. The molecular formula is C17H20N4O2. The van der Waals surface area contributed by atoms with E-state index in [1.54, 1.807) is 4.90 Å². The van der Waals surface area contributed by atoms with Gasteiger partial charge in [-0.3, -0.25) is 9.69 Å². The van der Waals surface area contributed by atoms with Crippen LogP contribution in [0.25, 0.3) is 0 Å². The lowest BCUT2D eigenvalue weighted by atomic mass is 9.88. The van der Waals surface area contributed by atoms with Crippen molar-refractivity contribution in [1.82, 2.24) is 14.8 Å². The van der Waals surface area contributed by atoms with E-state index in [4.69, 9.17) is 4.74 Å². The average Bonchev–Trinajstić information content (AvgIpc) is 3.10. The highest BCUT2D eigenvalue weighted by Crippen LogP contribution is 2.36. The molecule has 0 unspecified atom stereocenters. The normalized spacial score (nSPS) is 24.3. The summed E-state index contributed by atoms with van der Waals surface area (Å²) in [5, 5.41) is 4.19. The second kappa shape index (κ2) is 6.12. The Hall–Kier alpha value is -2.21. The summed E-state index contributed by atoms with van der Waals surface area (Å²) in [5.74, 6) is 0.612. The topological polar surface area (TPSA) is 60.2 Å². The van der Waals surface area contributed by atoms with Gasteiger partial charge in [-0.1, -0.05) is 30.3 Å². The van der Waals surface area contributed by atoms with E-state index in [-0.39, 0.29) is 17.9 Å². The fraction of sp³-hybridized carbons (Fsp3) is 0.471. The van der Waals surface area contributed by atoms with Gasteiger partial charge in [0.2, 0.25) is 11.9 Å². The highest BCUT2D eigenvalue weighted by Gasteiger charge is 2.38. The number of rotatable bonds is 2. The van der Waals surface area contributed by atoms with Crippen molar-refractivity contribution in [3.05, 3.63) is 42.2 Å². The van der Waals surface area contributed by atoms with Crippen LogP contribution in [0.4, 0.5) is 5.95 Å². The van der Waals surface area contributed by atoms with Crippen molar-refractivity contribution < 1.29 is 9.53 Å². The number of ether oxygens (including phenoxy) is 1. The number of hydrogen-bond donors (Lipinski definition) is 0. The Balaban J connectivity index is 1.62. The molecule has 6 nitrogen and oxygen atoms in total. The van der Waals surface area contributed by atoms with Gasteiger partial charge >= 0.3 is 0 Å². The SMILES string of the molecule is O=C([C@H]1CCCO[C@@H]1c1ccccc1)N1CCCn2ncnc21. The maximum absolute atomic E-state index is 13.2. The zero-order valence-corrected chi connectivity index (χ0v) is 13.0. The van der Waals surface area contributed by atoms with Crippen LogP contribution in [0.3, 0.4) is 0 Å². The number of carbonyl (C=O) groups is 1. The zero-order valence-electron chi connectivity index (χ0n) is 13.0. The molecule has 1 aromatic carbocycles. The molecule has 0 aliphatic carbocycles. The fourth-order valence-corrected chi connectivity index (χ4v) is 3.52. The van der Waals surface area contributed by atoms with E-state index >= 15 is 0 Å². The lowest BCUT2D eigenvalue weighted by molar-refractivity contribution is -0.132. The number of carbonyl (C=O) groups excluding carboxylic acids is 1. The van der Waals surface area contributed by atoms with E-state index in [1.165, 1.54) is 6.33 Å². The van der Waals surface area contributed by atoms with Gasteiger partial charge in [-0.15, -0.1) is 0 Å². The molecule has 1 aromatic heterocycles. The monoisotopic (exact) mass is 312 g/mol. The smallest absolute Gasteiger partial charge is 0.235 e. The molecule has 0 radical (unpaired) electrons. The van der Waals surface area contributed by atoms with Gasteiger partial charge in [-0.25, -0.2) is 4.68 Å². The quantitative estimate of drug-likeness (QED) is 0.853. The van der Waals surface area contributed by atoms with Gasteiger partial charge in [-0.05, 0) is 24.8 Å². The Morgan fingerprint density at radius 2 is 2.04 bits per heavy atom. The first-order chi connectivity index (χ1) is 11.3. The molecule has 23 heavy (non-hydrogen) atoms. The molecule has 1 amide bonds. The lowest BCUT2D eigenvalue weighted by Gasteiger charge is -2.35. The molecular weight excluding hydrogens is 292 g/mol. The highest BCUT2D eigenvalue weighted by atomic mass is 16.5. The third-order valence-corrected chi connectivity index (χ3v) is 4.62. The summed E-state index contributed by atoms with van der Waals surface area (Å²) in [4.78, 5) is 19.2. The van der Waals surface area contributed by atoms with E-state index in [2.05, 4.69) is 10.1 Å². The molecule has 1 fully saturated rings. The van der Waals surface area contributed by atoms with Gasteiger partial charge < -0.3 is 4.74 Å². The summed E-state index contributed by atoms with van der Waals surface area (Å²) in [6.07, 6.45) is 4.03. The lowest BCUT2D eigenvalue weighted by Crippen LogP contribution is -2.44. The summed E-state index contributed by atoms with van der Waals surface area (Å²) >= 11 is 0. The molecule has 0 spiro atoms. The fourth-order valence-electron chi connectivity index (χ4n) is 3.52. The number of aromatic nitrogens is 3. The second-order valence-electron chi connectivity index (χ2n) is 6.08. The largest absolute Gasteiger partial charge is 0.373 e. The number of fused-ring (bicyclic) bond motifs is 1. The summed E-state index contributed by atoms with van der Waals surface area (Å²) in [6, 6.07) is 10.0. The number of amides is 1. The molecule has 120 valence electrons. The predicted octanol–water partition coefficient (Wildman–Crippen LogP) is 2.18. The summed E-state index contributed by atoms with van der Waals surface area (Å²) in [5.41, 5.74) is 1.07. The molecule has 0 N–H and O–H groups in total. The van der Waals surface area contributed by atoms with Crippen LogP contribution < -0.4 is 4.90 Å². The van der Waals surface area contributed by atoms with Crippen molar-refractivity contribution in [3.63, 3.8) is 0 Å². The first-order valence-corrected chi connectivity index (χ1v) is 8.20. The summed E-state index contributed by atoms with van der Waals surface area (Å²) < 4.78 is 7.78. The van der Waals surface area contributed by atoms with Crippen LogP contribution in [0.2, 0.25) is 0 Å². The molecule has 2 aliphatic heterocycles. The Labute approximate surface area is 135 Å². The molecule has 2 aromatic rings. The maximum Gasteiger partial charge on any atom is 0.235 e. The standard InChI is InChI=1S/C17H20N4O2/c22-16(20-9-5-10-21-17(20)18-12-19-21)14-8-4-11-23-15(14)13-6-2-1-3-7-13/h1-3,6-7,12,14-15H,4-5,8-11H2/t14-,15+/m0/s1. The minimum Gasteiger partial charge on any atom is -0.373 e. The van der Waals surface area contributed by atoms with E-state index in [1.807, 2.05) is 35.0 Å². The molecule has 2 aliphatic rings. The van der Waals surface area contributed by atoms with Crippen molar-refractivity contribution in [1.29, 1.82) is 0 Å². The van der Waals surface area contributed by atoms with Gasteiger partial charge in [0.25, 0.3) is 0 Å². The number of benzene rings is 1. The Morgan fingerprint density at radius 3 is 2.91 bits per heavy atom. The van der Waals surface area contributed by atoms with Crippen LogP contribution in [0.15, 0.2) is 36.7 Å². The average molecular weight is 312 g/mol. The number of anilines is 1. The third kappa shape index (κ3) is 2.63. The van der Waals surface area contributed by atoms with Crippen LogP contribution >= 0.6 is 0 Å². The summed E-state index contributed by atoms with van der Waals surface area (Å²) in [6.45, 7) is 2.23. The second-order valence-corrected chi connectivity index (χ2v) is 6.08. The Kier molecular flexibility index (Phi) is 3.83. The van der Waals surface area contributed by atoms with Gasteiger partial charge in [0.15, 0.2) is 0 Å². The van der Waals surface area contributed by atoms with Gasteiger partial charge in [0, 0.05) is 19.7 Å². The number of hydrogen-bond acceptors (Lipinski definition) is 4. The van der Waals surface area contributed by atoms with Gasteiger partial charge in [0.05, 0.1) is 12.0 Å². The number of aryl methyl sites for hydroxylation is 1. The molecule has 6 heteroatoms. The van der Waals surface area contributed by atoms with Crippen molar-refractivity contribution in [2.45, 2.75) is 31.9 Å². The zero-order chi connectivity index (χ0) is 15.6. The van der Waals surface area contributed by atoms with Gasteiger partial charge in [-0.2, -0.15) is 10.1 Å². The summed E-state index contributed by atoms with van der Waals surface area (Å²) in [7, 11) is 0. The van der Waals surface area contributed by atoms with Crippen LogP contribution in [0.5, 0.6) is 0 Å². The number of nitrogens with zero attached hydrogens (tertiary/aromatic N) is 4. The molecule has 4 rings (SSSR count). The van der Waals surface area contributed by atoms with E-state index in [0.717, 1.165) is 31.4 Å². The van der Waals surface area contributed by atoms with Crippen LogP contribution in [-0.4, -0.2) is 33.8 Å².